The summed E-state index contributed by atoms with van der Waals surface area (Å²) >= 11 is 5.82. The van der Waals surface area contributed by atoms with Gasteiger partial charge in [-0.3, -0.25) is 4.68 Å². The van der Waals surface area contributed by atoms with Gasteiger partial charge in [-0.15, -0.1) is 12.3 Å². The molecule has 0 unspecified atom stereocenters. The molecule has 3 heteroatoms. The molecule has 0 aliphatic heterocycles. The van der Waals surface area contributed by atoms with Crippen molar-refractivity contribution in [1.82, 2.24) is 9.78 Å². The van der Waals surface area contributed by atoms with Gasteiger partial charge in [0, 0.05) is 19.2 Å². The van der Waals surface area contributed by atoms with Gasteiger partial charge in [0.1, 0.15) is 0 Å². The molecule has 12 heavy (non-hydrogen) atoms. The van der Waals surface area contributed by atoms with Gasteiger partial charge in [0.2, 0.25) is 0 Å². The summed E-state index contributed by atoms with van der Waals surface area (Å²) in [5.74, 6) is 2.59. The van der Waals surface area contributed by atoms with Gasteiger partial charge in [0.15, 0.2) is 0 Å². The van der Waals surface area contributed by atoms with E-state index < -0.39 is 0 Å². The van der Waals surface area contributed by atoms with E-state index in [0.717, 1.165) is 30.1 Å². The Morgan fingerprint density at radius 2 is 2.50 bits per heavy atom. The number of terminal acetylenes is 1. The third-order valence-corrected chi connectivity index (χ3v) is 1.97. The summed E-state index contributed by atoms with van der Waals surface area (Å²) in [6, 6.07) is 0. The third kappa shape index (κ3) is 2.28. The topological polar surface area (TPSA) is 17.8 Å². The number of unbranched alkanes of at least 4 members (excludes halogenated alkanes) is 1. The van der Waals surface area contributed by atoms with E-state index in [2.05, 4.69) is 11.0 Å². The van der Waals surface area contributed by atoms with Crippen molar-refractivity contribution in [1.29, 1.82) is 0 Å². The van der Waals surface area contributed by atoms with Crippen LogP contribution in [0.1, 0.15) is 18.5 Å². The van der Waals surface area contributed by atoms with Crippen LogP contribution in [0.3, 0.4) is 0 Å². The van der Waals surface area contributed by atoms with Crippen LogP contribution in [-0.2, 0) is 6.54 Å². The van der Waals surface area contributed by atoms with Gasteiger partial charge in [0.05, 0.1) is 10.7 Å². The molecule has 0 amide bonds. The first kappa shape index (κ1) is 9.15. The Bertz CT molecular complexity index is 276. The molecule has 1 aromatic heterocycles. The lowest BCUT2D eigenvalue weighted by atomic mass is 10.3. The number of halogens is 1. The van der Waals surface area contributed by atoms with Gasteiger partial charge in [-0.2, -0.15) is 5.10 Å². The van der Waals surface area contributed by atoms with E-state index in [4.69, 9.17) is 18.0 Å². The number of hydrogen-bond acceptors (Lipinski definition) is 1. The predicted molar refractivity (Wildman–Crippen MR) is 50.0 cm³/mol. The predicted octanol–water partition coefficient (Wildman–Crippen LogP) is 2.26. The highest BCUT2D eigenvalue weighted by Crippen LogP contribution is 2.12. The van der Waals surface area contributed by atoms with Crippen LogP contribution in [0.2, 0.25) is 5.02 Å². The largest absolute Gasteiger partial charge is 0.271 e. The first-order chi connectivity index (χ1) is 5.74. The lowest BCUT2D eigenvalue weighted by Gasteiger charge is -1.96. The molecular formula is C9H11ClN2. The van der Waals surface area contributed by atoms with Crippen molar-refractivity contribution in [3.63, 3.8) is 0 Å². The van der Waals surface area contributed by atoms with Crippen molar-refractivity contribution in [3.8, 4) is 12.3 Å². The molecule has 0 fully saturated rings. The number of rotatable bonds is 3. The zero-order valence-electron chi connectivity index (χ0n) is 7.05. The minimum absolute atomic E-state index is 0.718. The van der Waals surface area contributed by atoms with Crippen LogP contribution in [0, 0.1) is 19.3 Å². The van der Waals surface area contributed by atoms with E-state index in [1.807, 2.05) is 17.8 Å². The number of nitrogens with zero attached hydrogens (tertiary/aromatic N) is 2. The minimum atomic E-state index is 0.718. The number of hydrogen-bond donors (Lipinski definition) is 0. The summed E-state index contributed by atoms with van der Waals surface area (Å²) in [7, 11) is 0. The van der Waals surface area contributed by atoms with Gasteiger partial charge < -0.3 is 0 Å². The summed E-state index contributed by atoms with van der Waals surface area (Å²) in [4.78, 5) is 0. The summed E-state index contributed by atoms with van der Waals surface area (Å²) < 4.78 is 1.83. The molecule has 0 saturated carbocycles. The molecule has 1 rings (SSSR count). The van der Waals surface area contributed by atoms with Crippen LogP contribution in [0.4, 0.5) is 0 Å². The SMILES string of the molecule is C#CCCCn1cc(Cl)c(C)n1. The average Bonchev–Trinajstić information content (AvgIpc) is 2.32. The second-order valence-corrected chi connectivity index (χ2v) is 3.04. The first-order valence-corrected chi connectivity index (χ1v) is 4.25. The maximum Gasteiger partial charge on any atom is 0.0814 e. The fraction of sp³-hybridized carbons (Fsp3) is 0.444. The Morgan fingerprint density at radius 3 is 3.00 bits per heavy atom. The molecule has 1 aromatic rings. The van der Waals surface area contributed by atoms with Crippen LogP contribution in [0.5, 0.6) is 0 Å². The van der Waals surface area contributed by atoms with E-state index in [1.54, 1.807) is 0 Å². The number of aryl methyl sites for hydroxylation is 2. The zero-order valence-corrected chi connectivity index (χ0v) is 7.80. The highest BCUT2D eigenvalue weighted by atomic mass is 35.5. The Morgan fingerprint density at radius 1 is 1.75 bits per heavy atom. The summed E-state index contributed by atoms with van der Waals surface area (Å²) in [5.41, 5.74) is 0.873. The lowest BCUT2D eigenvalue weighted by Crippen LogP contribution is -1.97. The maximum atomic E-state index is 5.82. The smallest absolute Gasteiger partial charge is 0.0814 e. The van der Waals surface area contributed by atoms with Crippen molar-refractivity contribution in [3.05, 3.63) is 16.9 Å². The molecule has 1 heterocycles. The Labute approximate surface area is 77.5 Å². The van der Waals surface area contributed by atoms with Gasteiger partial charge in [-0.25, -0.2) is 0 Å². The molecule has 0 atom stereocenters. The second-order valence-electron chi connectivity index (χ2n) is 2.63. The van der Waals surface area contributed by atoms with Crippen molar-refractivity contribution in [2.75, 3.05) is 0 Å². The van der Waals surface area contributed by atoms with Gasteiger partial charge in [-0.05, 0) is 13.3 Å². The van der Waals surface area contributed by atoms with Gasteiger partial charge in [0.25, 0.3) is 0 Å². The highest BCUT2D eigenvalue weighted by molar-refractivity contribution is 6.31. The van der Waals surface area contributed by atoms with Crippen LogP contribution >= 0.6 is 11.6 Å². The quantitative estimate of drug-likeness (QED) is 0.518. The summed E-state index contributed by atoms with van der Waals surface area (Å²) in [6.07, 6.45) is 8.69. The summed E-state index contributed by atoms with van der Waals surface area (Å²) in [6.45, 7) is 2.73. The Balaban J connectivity index is 2.48. The molecule has 2 nitrogen and oxygen atoms in total. The van der Waals surface area contributed by atoms with E-state index in [1.165, 1.54) is 0 Å². The van der Waals surface area contributed by atoms with E-state index >= 15 is 0 Å². The normalized spacial score (nSPS) is 9.75. The Hall–Kier alpha value is -0.940. The molecule has 0 radical (unpaired) electrons. The van der Waals surface area contributed by atoms with E-state index in [0.29, 0.717) is 0 Å². The van der Waals surface area contributed by atoms with Crippen molar-refractivity contribution in [2.45, 2.75) is 26.3 Å². The molecule has 0 N–H and O–H groups in total. The van der Waals surface area contributed by atoms with Crippen molar-refractivity contribution >= 4 is 11.6 Å². The monoisotopic (exact) mass is 182 g/mol. The molecule has 0 aliphatic rings. The molecule has 0 bridgehead atoms. The lowest BCUT2D eigenvalue weighted by molar-refractivity contribution is 0.583. The minimum Gasteiger partial charge on any atom is -0.271 e. The Kier molecular flexibility index (Phi) is 3.19. The van der Waals surface area contributed by atoms with Crippen LogP contribution in [0.25, 0.3) is 0 Å². The molecule has 0 saturated heterocycles. The van der Waals surface area contributed by atoms with Crippen LogP contribution in [-0.4, -0.2) is 9.78 Å². The van der Waals surface area contributed by atoms with E-state index in [9.17, 15) is 0 Å². The molecular weight excluding hydrogens is 172 g/mol. The van der Waals surface area contributed by atoms with E-state index in [-0.39, 0.29) is 0 Å². The third-order valence-electron chi connectivity index (χ3n) is 1.59. The van der Waals surface area contributed by atoms with Crippen LogP contribution < -0.4 is 0 Å². The second kappa shape index (κ2) is 4.18. The standard InChI is InChI=1S/C9H11ClN2/c1-3-4-5-6-12-7-9(10)8(2)11-12/h1,7H,4-6H2,2H3. The van der Waals surface area contributed by atoms with Crippen molar-refractivity contribution in [2.24, 2.45) is 0 Å². The zero-order chi connectivity index (χ0) is 8.97. The molecule has 64 valence electrons. The van der Waals surface area contributed by atoms with Crippen LogP contribution in [0.15, 0.2) is 6.20 Å². The van der Waals surface area contributed by atoms with Gasteiger partial charge >= 0.3 is 0 Å². The van der Waals surface area contributed by atoms with Crippen molar-refractivity contribution < 1.29 is 0 Å². The fourth-order valence-corrected chi connectivity index (χ4v) is 1.10. The average molecular weight is 183 g/mol. The first-order valence-electron chi connectivity index (χ1n) is 3.87. The fourth-order valence-electron chi connectivity index (χ4n) is 0.951. The molecule has 0 aromatic carbocycles. The highest BCUT2D eigenvalue weighted by Gasteiger charge is 1.99. The number of aromatic nitrogens is 2. The maximum absolute atomic E-state index is 5.82. The summed E-state index contributed by atoms with van der Waals surface area (Å²) in [5, 5.41) is 4.92. The van der Waals surface area contributed by atoms with Gasteiger partial charge in [-0.1, -0.05) is 11.6 Å². The molecule has 0 aliphatic carbocycles. The molecule has 0 spiro atoms.